The van der Waals surface area contributed by atoms with E-state index >= 15 is 0 Å². The van der Waals surface area contributed by atoms with E-state index in [-0.39, 0.29) is 16.5 Å². The van der Waals surface area contributed by atoms with Gasteiger partial charge in [0.15, 0.2) is 5.56 Å². The molecule has 0 aromatic carbocycles. The van der Waals surface area contributed by atoms with Crippen molar-refractivity contribution in [1.82, 2.24) is 4.37 Å². The zero-order valence-corrected chi connectivity index (χ0v) is 7.98. The zero-order chi connectivity index (χ0) is 10.6. The third-order valence-electron chi connectivity index (χ3n) is 1.22. The number of hydrogen-bond donors (Lipinski definition) is 0. The smallest absolute Gasteiger partial charge is 0.388 e. The molecule has 14 heavy (non-hydrogen) atoms. The molecule has 1 aromatic heterocycles. The number of alkyl halides is 2. The van der Waals surface area contributed by atoms with Crippen LogP contribution in [0, 0.1) is 11.3 Å². The second-order valence-corrected chi connectivity index (χ2v) is 2.81. The summed E-state index contributed by atoms with van der Waals surface area (Å²) < 4.78 is 36.2. The summed E-state index contributed by atoms with van der Waals surface area (Å²) in [7, 11) is 0. The molecule has 1 rings (SSSR count). The molecule has 0 aliphatic heterocycles. The van der Waals surface area contributed by atoms with Crippen molar-refractivity contribution in [2.45, 2.75) is 13.5 Å². The van der Waals surface area contributed by atoms with Gasteiger partial charge < -0.3 is 9.47 Å². The van der Waals surface area contributed by atoms with Gasteiger partial charge in [-0.3, -0.25) is 0 Å². The van der Waals surface area contributed by atoms with Crippen LogP contribution in [0.25, 0.3) is 0 Å². The number of hydrogen-bond acceptors (Lipinski definition) is 5. The number of halogens is 2. The number of aromatic nitrogens is 1. The van der Waals surface area contributed by atoms with Crippen molar-refractivity contribution in [2.75, 3.05) is 6.61 Å². The van der Waals surface area contributed by atoms with Gasteiger partial charge in [-0.1, -0.05) is 0 Å². The maximum atomic E-state index is 11.8. The Morgan fingerprint density at radius 3 is 2.86 bits per heavy atom. The quantitative estimate of drug-likeness (QED) is 0.778. The summed E-state index contributed by atoms with van der Waals surface area (Å²) in [4.78, 5) is 0. The molecule has 0 aliphatic carbocycles. The lowest BCUT2D eigenvalue weighted by molar-refractivity contribution is -0.0524. The van der Waals surface area contributed by atoms with Crippen LogP contribution in [0.4, 0.5) is 8.78 Å². The van der Waals surface area contributed by atoms with Gasteiger partial charge in [-0.2, -0.15) is 18.4 Å². The molecular formula is C7H6F2N2O2S. The monoisotopic (exact) mass is 220 g/mol. The van der Waals surface area contributed by atoms with Crippen molar-refractivity contribution in [1.29, 1.82) is 5.26 Å². The van der Waals surface area contributed by atoms with Crippen LogP contribution < -0.4 is 9.47 Å². The third-order valence-corrected chi connectivity index (χ3v) is 1.96. The van der Waals surface area contributed by atoms with Crippen molar-refractivity contribution in [3.05, 3.63) is 5.56 Å². The molecule has 0 unspecified atom stereocenters. The summed E-state index contributed by atoms with van der Waals surface area (Å²) in [5.74, 6) is -0.379. The highest BCUT2D eigenvalue weighted by atomic mass is 32.1. The van der Waals surface area contributed by atoms with Crippen LogP contribution in [-0.4, -0.2) is 17.6 Å². The first-order valence-electron chi connectivity index (χ1n) is 3.66. The molecule has 0 radical (unpaired) electrons. The molecule has 0 saturated heterocycles. The van der Waals surface area contributed by atoms with Crippen LogP contribution in [0.2, 0.25) is 0 Å². The molecule has 1 aromatic rings. The van der Waals surface area contributed by atoms with Gasteiger partial charge in [0.05, 0.1) is 6.61 Å². The molecule has 0 aliphatic rings. The highest BCUT2D eigenvalue weighted by molar-refractivity contribution is 7.08. The second kappa shape index (κ2) is 4.72. The number of nitrogens with zero attached hydrogens (tertiary/aromatic N) is 2. The van der Waals surface area contributed by atoms with Gasteiger partial charge in [0.1, 0.15) is 6.07 Å². The number of ether oxygens (including phenoxy) is 2. The van der Waals surface area contributed by atoms with Crippen molar-refractivity contribution < 1.29 is 18.3 Å². The molecule has 7 heteroatoms. The van der Waals surface area contributed by atoms with E-state index in [1.165, 1.54) is 0 Å². The lowest BCUT2D eigenvalue weighted by Gasteiger charge is -2.00. The van der Waals surface area contributed by atoms with E-state index in [4.69, 9.17) is 10.00 Å². The van der Waals surface area contributed by atoms with Gasteiger partial charge in [-0.25, -0.2) is 0 Å². The molecule has 0 bridgehead atoms. The predicted octanol–water partition coefficient (Wildman–Crippen LogP) is 2.01. The summed E-state index contributed by atoms with van der Waals surface area (Å²) in [6.45, 7) is -0.932. The normalized spacial score (nSPS) is 9.93. The summed E-state index contributed by atoms with van der Waals surface area (Å²) in [6, 6.07) is 1.70. The minimum absolute atomic E-state index is 0.0860. The first-order valence-corrected chi connectivity index (χ1v) is 4.43. The topological polar surface area (TPSA) is 55.1 Å². The number of rotatable bonds is 4. The Morgan fingerprint density at radius 2 is 2.36 bits per heavy atom. The van der Waals surface area contributed by atoms with Crippen LogP contribution in [0.3, 0.4) is 0 Å². The molecule has 4 nitrogen and oxygen atoms in total. The molecule has 76 valence electrons. The largest absolute Gasteiger partial charge is 0.482 e. The highest BCUT2D eigenvalue weighted by Gasteiger charge is 2.18. The lowest BCUT2D eigenvalue weighted by Crippen LogP contribution is -2.03. The average Bonchev–Trinajstić information content (AvgIpc) is 2.47. The predicted molar refractivity (Wildman–Crippen MR) is 44.6 cm³/mol. The summed E-state index contributed by atoms with van der Waals surface area (Å²) in [5.41, 5.74) is -0.0860. The summed E-state index contributed by atoms with van der Waals surface area (Å²) in [6.07, 6.45) is 0. The minimum Gasteiger partial charge on any atom is -0.482 e. The standard InChI is InChI=1S/C7H6F2N2O2S/c1-2-12-6-4(3-10)5(11-14-6)13-7(8)9/h7H,2H2,1H3. The zero-order valence-electron chi connectivity index (χ0n) is 7.16. The van der Waals surface area contributed by atoms with E-state index < -0.39 is 6.61 Å². The van der Waals surface area contributed by atoms with Crippen molar-refractivity contribution in [3.8, 4) is 17.0 Å². The van der Waals surface area contributed by atoms with Crippen molar-refractivity contribution in [3.63, 3.8) is 0 Å². The Bertz CT molecular complexity index is 348. The minimum atomic E-state index is -2.99. The molecule has 0 atom stereocenters. The van der Waals surface area contributed by atoms with E-state index in [1.54, 1.807) is 13.0 Å². The SMILES string of the molecule is CCOc1snc(OC(F)F)c1C#N. The van der Waals surface area contributed by atoms with Gasteiger partial charge >= 0.3 is 6.61 Å². The van der Waals surface area contributed by atoms with Gasteiger partial charge in [0.25, 0.3) is 5.88 Å². The van der Waals surface area contributed by atoms with E-state index in [9.17, 15) is 8.78 Å². The van der Waals surface area contributed by atoms with Crippen LogP contribution in [0.15, 0.2) is 0 Å². The maximum absolute atomic E-state index is 11.8. The Morgan fingerprint density at radius 1 is 1.64 bits per heavy atom. The van der Waals surface area contributed by atoms with Gasteiger partial charge in [0.2, 0.25) is 5.06 Å². The summed E-state index contributed by atoms with van der Waals surface area (Å²) >= 11 is 0.814. The molecule has 0 N–H and O–H groups in total. The van der Waals surface area contributed by atoms with Gasteiger partial charge in [-0.05, 0) is 6.92 Å². The maximum Gasteiger partial charge on any atom is 0.388 e. The van der Waals surface area contributed by atoms with Crippen molar-refractivity contribution in [2.24, 2.45) is 0 Å². The molecule has 0 spiro atoms. The van der Waals surface area contributed by atoms with Crippen LogP contribution in [0.5, 0.6) is 10.9 Å². The molecule has 0 saturated carbocycles. The lowest BCUT2D eigenvalue weighted by atomic mass is 10.4. The van der Waals surface area contributed by atoms with Crippen LogP contribution in [0.1, 0.15) is 12.5 Å². The van der Waals surface area contributed by atoms with Gasteiger partial charge in [0, 0.05) is 11.5 Å². The first-order chi connectivity index (χ1) is 6.69. The molecular weight excluding hydrogens is 214 g/mol. The van der Waals surface area contributed by atoms with Gasteiger partial charge in [-0.15, -0.1) is 0 Å². The van der Waals surface area contributed by atoms with E-state index in [0.717, 1.165) is 11.5 Å². The third kappa shape index (κ3) is 2.29. The Kier molecular flexibility index (Phi) is 3.59. The van der Waals surface area contributed by atoms with E-state index in [1.807, 2.05) is 0 Å². The average molecular weight is 220 g/mol. The molecule has 0 fully saturated rings. The Labute approximate surface area is 82.8 Å². The van der Waals surface area contributed by atoms with Crippen LogP contribution >= 0.6 is 11.5 Å². The fraction of sp³-hybridized carbons (Fsp3) is 0.429. The van der Waals surface area contributed by atoms with E-state index in [0.29, 0.717) is 6.61 Å². The van der Waals surface area contributed by atoms with E-state index in [2.05, 4.69) is 9.11 Å². The fourth-order valence-corrected chi connectivity index (χ4v) is 1.44. The molecule has 0 amide bonds. The first kappa shape index (κ1) is 10.7. The fourth-order valence-electron chi connectivity index (χ4n) is 0.749. The Hall–Kier alpha value is -1.42. The Balaban J connectivity index is 2.91. The number of nitriles is 1. The summed E-state index contributed by atoms with van der Waals surface area (Å²) in [5, 5.41) is 8.84. The second-order valence-electron chi connectivity index (χ2n) is 2.07. The molecule has 1 heterocycles. The van der Waals surface area contributed by atoms with Crippen LogP contribution in [-0.2, 0) is 0 Å². The highest BCUT2D eigenvalue weighted by Crippen LogP contribution is 2.32. The van der Waals surface area contributed by atoms with Crippen molar-refractivity contribution >= 4 is 11.5 Å².